The third-order valence-electron chi connectivity index (χ3n) is 5.29. The lowest BCUT2D eigenvalue weighted by Crippen LogP contribution is -2.54. The van der Waals surface area contributed by atoms with Crippen molar-refractivity contribution in [3.63, 3.8) is 0 Å². The zero-order valence-electron chi connectivity index (χ0n) is 14.5. The lowest BCUT2D eigenvalue weighted by atomic mass is 10.0. The van der Waals surface area contributed by atoms with Gasteiger partial charge < -0.3 is 9.80 Å². The Bertz CT molecular complexity index is 813. The molecule has 4 amide bonds. The van der Waals surface area contributed by atoms with Gasteiger partial charge in [-0.3, -0.25) is 29.4 Å². The highest BCUT2D eigenvalue weighted by Gasteiger charge is 2.44. The molecule has 0 aromatic heterocycles. The van der Waals surface area contributed by atoms with E-state index in [2.05, 4.69) is 22.2 Å². The molecular weight excluding hydrogens is 336 g/mol. The van der Waals surface area contributed by atoms with Crippen LogP contribution in [0.2, 0.25) is 0 Å². The van der Waals surface area contributed by atoms with Crippen LogP contribution >= 0.6 is 0 Å². The number of nitrogens with one attached hydrogen (secondary N) is 1. The number of carbonyl (C=O) groups is 4. The van der Waals surface area contributed by atoms with E-state index in [9.17, 15) is 19.2 Å². The van der Waals surface area contributed by atoms with Crippen LogP contribution in [0.3, 0.4) is 0 Å². The van der Waals surface area contributed by atoms with Gasteiger partial charge in [-0.05, 0) is 31.7 Å². The van der Waals surface area contributed by atoms with E-state index in [0.717, 1.165) is 36.8 Å². The normalized spacial score (nSPS) is 24.1. The molecule has 3 aliphatic heterocycles. The number of benzene rings is 1. The van der Waals surface area contributed by atoms with Crippen molar-refractivity contribution in [2.24, 2.45) is 0 Å². The summed E-state index contributed by atoms with van der Waals surface area (Å²) < 4.78 is 0. The van der Waals surface area contributed by atoms with Crippen LogP contribution in [0.1, 0.15) is 33.6 Å². The van der Waals surface area contributed by atoms with Crippen molar-refractivity contribution in [2.75, 3.05) is 38.1 Å². The smallest absolute Gasteiger partial charge is 0.262 e. The standard InChI is InChI=1S/C18H20N4O4/c1-20-6-8-21(9-7-20)11-2-3-12-13(10-11)18(26)22(17(12)25)14-4-5-15(23)19-16(14)24/h2-3,10,14H,4-9H2,1H3,(H,19,23,24)/t14-/m1/s1. The topological polar surface area (TPSA) is 90.0 Å². The third-order valence-corrected chi connectivity index (χ3v) is 5.29. The number of nitrogens with zero attached hydrogens (tertiary/aromatic N) is 3. The van der Waals surface area contributed by atoms with Gasteiger partial charge in [0.05, 0.1) is 11.1 Å². The molecule has 136 valence electrons. The summed E-state index contributed by atoms with van der Waals surface area (Å²) in [5.74, 6) is -1.89. The van der Waals surface area contributed by atoms with Crippen molar-refractivity contribution < 1.29 is 19.2 Å². The molecule has 1 aromatic carbocycles. The first-order valence-corrected chi connectivity index (χ1v) is 8.75. The molecule has 0 spiro atoms. The van der Waals surface area contributed by atoms with Crippen LogP contribution in [0.5, 0.6) is 0 Å². The maximum absolute atomic E-state index is 12.8. The van der Waals surface area contributed by atoms with Crippen LogP contribution in [-0.2, 0) is 9.59 Å². The Labute approximate surface area is 150 Å². The number of piperidine rings is 1. The van der Waals surface area contributed by atoms with Crippen LogP contribution in [0.15, 0.2) is 18.2 Å². The highest BCUT2D eigenvalue weighted by Crippen LogP contribution is 2.30. The maximum atomic E-state index is 12.8. The monoisotopic (exact) mass is 356 g/mol. The summed E-state index contributed by atoms with van der Waals surface area (Å²) in [5, 5.41) is 2.20. The highest BCUT2D eigenvalue weighted by atomic mass is 16.2. The number of piperazine rings is 1. The maximum Gasteiger partial charge on any atom is 0.262 e. The molecule has 2 saturated heterocycles. The molecule has 1 atom stereocenters. The van der Waals surface area contributed by atoms with Gasteiger partial charge in [-0.2, -0.15) is 0 Å². The molecule has 26 heavy (non-hydrogen) atoms. The van der Waals surface area contributed by atoms with E-state index in [1.54, 1.807) is 12.1 Å². The second-order valence-electron chi connectivity index (χ2n) is 6.97. The van der Waals surface area contributed by atoms with E-state index >= 15 is 0 Å². The molecule has 8 heteroatoms. The fraction of sp³-hybridized carbons (Fsp3) is 0.444. The quantitative estimate of drug-likeness (QED) is 0.741. The predicted molar refractivity (Wildman–Crippen MR) is 92.8 cm³/mol. The Hall–Kier alpha value is -2.74. The summed E-state index contributed by atoms with van der Waals surface area (Å²) in [4.78, 5) is 54.4. The molecule has 0 aliphatic carbocycles. The lowest BCUT2D eigenvalue weighted by Gasteiger charge is -2.34. The molecule has 2 fully saturated rings. The van der Waals surface area contributed by atoms with Gasteiger partial charge in [0.2, 0.25) is 11.8 Å². The molecule has 0 unspecified atom stereocenters. The van der Waals surface area contributed by atoms with Gasteiger partial charge in [0, 0.05) is 38.3 Å². The van der Waals surface area contributed by atoms with Gasteiger partial charge in [0.15, 0.2) is 0 Å². The van der Waals surface area contributed by atoms with Gasteiger partial charge in [-0.1, -0.05) is 0 Å². The third kappa shape index (κ3) is 2.66. The molecule has 3 aliphatic rings. The first kappa shape index (κ1) is 16.7. The zero-order chi connectivity index (χ0) is 18.4. The number of amides is 4. The Morgan fingerprint density at radius 1 is 0.962 bits per heavy atom. The van der Waals surface area contributed by atoms with E-state index in [1.807, 2.05) is 6.07 Å². The second-order valence-corrected chi connectivity index (χ2v) is 6.97. The fourth-order valence-electron chi connectivity index (χ4n) is 3.72. The fourth-order valence-corrected chi connectivity index (χ4v) is 3.72. The number of carbonyl (C=O) groups excluding carboxylic acids is 4. The SMILES string of the molecule is CN1CCN(c2ccc3c(c2)C(=O)N([C@@H]2CCC(=O)NC2=O)C3=O)CC1. The van der Waals surface area contributed by atoms with E-state index < -0.39 is 23.8 Å². The van der Waals surface area contributed by atoms with Crippen LogP contribution in [0, 0.1) is 0 Å². The van der Waals surface area contributed by atoms with Gasteiger partial charge in [-0.15, -0.1) is 0 Å². The number of anilines is 1. The summed E-state index contributed by atoms with van der Waals surface area (Å²) in [6.07, 6.45) is 0.289. The predicted octanol–water partition coefficient (Wildman–Crippen LogP) is -0.160. The summed E-state index contributed by atoms with van der Waals surface area (Å²) in [6.45, 7) is 3.58. The summed E-state index contributed by atoms with van der Waals surface area (Å²) in [7, 11) is 2.07. The number of hydrogen-bond acceptors (Lipinski definition) is 6. The number of fused-ring (bicyclic) bond motifs is 1. The molecule has 1 N–H and O–H groups in total. The molecule has 0 bridgehead atoms. The van der Waals surface area contributed by atoms with Gasteiger partial charge in [-0.25, -0.2) is 0 Å². The van der Waals surface area contributed by atoms with E-state index in [0.29, 0.717) is 11.1 Å². The minimum atomic E-state index is -0.924. The molecule has 0 saturated carbocycles. The minimum Gasteiger partial charge on any atom is -0.369 e. The summed E-state index contributed by atoms with van der Waals surface area (Å²) >= 11 is 0. The van der Waals surface area contributed by atoms with Crippen molar-refractivity contribution >= 4 is 29.3 Å². The van der Waals surface area contributed by atoms with Crippen molar-refractivity contribution in [2.45, 2.75) is 18.9 Å². The van der Waals surface area contributed by atoms with E-state index in [4.69, 9.17) is 0 Å². The molecular formula is C18H20N4O4. The van der Waals surface area contributed by atoms with Gasteiger partial charge in [0.1, 0.15) is 6.04 Å². The van der Waals surface area contributed by atoms with Gasteiger partial charge in [0.25, 0.3) is 11.8 Å². The van der Waals surface area contributed by atoms with E-state index in [1.165, 1.54) is 0 Å². The molecule has 3 heterocycles. The van der Waals surface area contributed by atoms with Gasteiger partial charge >= 0.3 is 0 Å². The van der Waals surface area contributed by atoms with E-state index in [-0.39, 0.29) is 18.7 Å². The molecule has 4 rings (SSSR count). The van der Waals surface area contributed by atoms with Crippen LogP contribution in [0.4, 0.5) is 5.69 Å². The molecule has 0 radical (unpaired) electrons. The largest absolute Gasteiger partial charge is 0.369 e. The highest BCUT2D eigenvalue weighted by molar-refractivity contribution is 6.23. The Kier molecular flexibility index (Phi) is 3.99. The van der Waals surface area contributed by atoms with Crippen LogP contribution < -0.4 is 10.2 Å². The minimum absolute atomic E-state index is 0.121. The van der Waals surface area contributed by atoms with Crippen LogP contribution in [-0.4, -0.2) is 72.7 Å². The average molecular weight is 356 g/mol. The van der Waals surface area contributed by atoms with Crippen molar-refractivity contribution in [3.8, 4) is 0 Å². The van der Waals surface area contributed by atoms with Crippen LogP contribution in [0.25, 0.3) is 0 Å². The first-order chi connectivity index (χ1) is 12.5. The second kappa shape index (κ2) is 6.21. The lowest BCUT2D eigenvalue weighted by molar-refractivity contribution is -0.136. The number of rotatable bonds is 2. The Morgan fingerprint density at radius 3 is 2.35 bits per heavy atom. The van der Waals surface area contributed by atoms with Crippen molar-refractivity contribution in [1.29, 1.82) is 0 Å². The number of hydrogen-bond donors (Lipinski definition) is 1. The molecule has 1 aromatic rings. The Balaban J connectivity index is 1.60. The zero-order valence-corrected chi connectivity index (χ0v) is 14.5. The number of likely N-dealkylation sites (N-methyl/N-ethyl adjacent to an activating group) is 1. The summed E-state index contributed by atoms with van der Waals surface area (Å²) in [6, 6.07) is 4.33. The summed E-state index contributed by atoms with van der Waals surface area (Å²) in [5.41, 5.74) is 1.55. The first-order valence-electron chi connectivity index (χ1n) is 8.75. The molecule has 8 nitrogen and oxygen atoms in total. The Morgan fingerprint density at radius 2 is 1.65 bits per heavy atom. The number of imide groups is 2. The average Bonchev–Trinajstić information content (AvgIpc) is 2.87. The van der Waals surface area contributed by atoms with Crippen molar-refractivity contribution in [1.82, 2.24) is 15.1 Å². The van der Waals surface area contributed by atoms with Crippen molar-refractivity contribution in [3.05, 3.63) is 29.3 Å².